The Labute approximate surface area is 176 Å². The molecule has 0 saturated carbocycles. The van der Waals surface area contributed by atoms with Crippen LogP contribution in [-0.2, 0) is 20.8 Å². The molecule has 0 radical (unpaired) electrons. The molecule has 0 fully saturated rings. The van der Waals surface area contributed by atoms with E-state index in [9.17, 15) is 4.79 Å². The average molecular weight is 413 g/mol. The Balaban J connectivity index is 1.53. The number of hydrogen-bond donors (Lipinski definition) is 1. The number of methoxy groups -OCH3 is 2. The van der Waals surface area contributed by atoms with Crippen molar-refractivity contribution in [2.75, 3.05) is 19.5 Å². The second-order valence-corrected chi connectivity index (χ2v) is 6.96. The summed E-state index contributed by atoms with van der Waals surface area (Å²) in [5, 5.41) is 2.71. The zero-order chi connectivity index (χ0) is 21.5. The van der Waals surface area contributed by atoms with E-state index in [-0.39, 0.29) is 6.10 Å². The molecule has 0 bridgehead atoms. The molecule has 1 aliphatic rings. The molecule has 0 saturated heterocycles. The molecule has 160 valence electrons. The van der Waals surface area contributed by atoms with Crippen LogP contribution < -0.4 is 14.8 Å². The third kappa shape index (κ3) is 5.75. The number of hydrogen-bond acceptors (Lipinski definition) is 6. The SMILES string of the molecule is COc1ccc(CO[C@@H]2C=C(C)[C@H](OC(=O)Nc3ccc(OC)cc3)[C@H](C)O2)cc1. The number of benzene rings is 2. The molecule has 1 aliphatic heterocycles. The third-order valence-corrected chi connectivity index (χ3v) is 4.77. The number of amides is 1. The number of rotatable bonds is 7. The van der Waals surface area contributed by atoms with Crippen LogP contribution in [-0.4, -0.2) is 38.8 Å². The summed E-state index contributed by atoms with van der Waals surface area (Å²) in [6, 6.07) is 14.7. The van der Waals surface area contributed by atoms with Crippen molar-refractivity contribution in [2.45, 2.75) is 39.0 Å². The molecule has 2 aromatic rings. The molecule has 0 unspecified atom stereocenters. The summed E-state index contributed by atoms with van der Waals surface area (Å²) < 4.78 is 27.6. The van der Waals surface area contributed by atoms with E-state index in [0.29, 0.717) is 18.0 Å². The van der Waals surface area contributed by atoms with E-state index in [1.165, 1.54) is 0 Å². The van der Waals surface area contributed by atoms with Crippen molar-refractivity contribution in [1.29, 1.82) is 0 Å². The highest BCUT2D eigenvalue weighted by molar-refractivity contribution is 5.84. The lowest BCUT2D eigenvalue weighted by atomic mass is 10.0. The predicted molar refractivity (Wildman–Crippen MR) is 113 cm³/mol. The third-order valence-electron chi connectivity index (χ3n) is 4.77. The van der Waals surface area contributed by atoms with Gasteiger partial charge in [-0.05, 0) is 67.5 Å². The second-order valence-electron chi connectivity index (χ2n) is 6.96. The molecule has 3 atom stereocenters. The summed E-state index contributed by atoms with van der Waals surface area (Å²) in [6.45, 7) is 4.15. The van der Waals surface area contributed by atoms with Gasteiger partial charge in [0.2, 0.25) is 0 Å². The number of anilines is 1. The van der Waals surface area contributed by atoms with Gasteiger partial charge < -0.3 is 23.7 Å². The fourth-order valence-corrected chi connectivity index (χ4v) is 3.12. The van der Waals surface area contributed by atoms with Gasteiger partial charge in [-0.1, -0.05) is 12.1 Å². The van der Waals surface area contributed by atoms with Crippen LogP contribution in [0.25, 0.3) is 0 Å². The highest BCUT2D eigenvalue weighted by Gasteiger charge is 2.31. The Morgan fingerprint density at radius 1 is 1.00 bits per heavy atom. The standard InChI is InChI=1S/C23H27NO6/c1-15-13-21(28-14-17-5-9-19(26-3)10-6-17)29-16(2)22(15)30-23(25)24-18-7-11-20(27-4)12-8-18/h5-13,16,21-22H,14H2,1-4H3,(H,24,25)/t16-,21-,22-/m0/s1. The zero-order valence-corrected chi connectivity index (χ0v) is 17.6. The van der Waals surface area contributed by atoms with Crippen LogP contribution in [0.3, 0.4) is 0 Å². The molecule has 2 aromatic carbocycles. The Morgan fingerprint density at radius 2 is 1.60 bits per heavy atom. The number of carbonyl (C=O) groups excluding carboxylic acids is 1. The van der Waals surface area contributed by atoms with Gasteiger partial charge in [0.25, 0.3) is 0 Å². The molecular formula is C23H27NO6. The number of ether oxygens (including phenoxy) is 5. The highest BCUT2D eigenvalue weighted by atomic mass is 16.7. The Hall–Kier alpha value is -3.03. The van der Waals surface area contributed by atoms with Crippen molar-refractivity contribution in [3.8, 4) is 11.5 Å². The number of carbonyl (C=O) groups is 1. The molecule has 30 heavy (non-hydrogen) atoms. The first-order chi connectivity index (χ1) is 14.5. The van der Waals surface area contributed by atoms with E-state index in [1.54, 1.807) is 38.5 Å². The lowest BCUT2D eigenvalue weighted by molar-refractivity contribution is -0.172. The summed E-state index contributed by atoms with van der Waals surface area (Å²) in [4.78, 5) is 12.3. The van der Waals surface area contributed by atoms with E-state index in [0.717, 1.165) is 16.9 Å². The summed E-state index contributed by atoms with van der Waals surface area (Å²) in [5.74, 6) is 1.51. The first-order valence-corrected chi connectivity index (χ1v) is 9.68. The van der Waals surface area contributed by atoms with Gasteiger partial charge in [-0.25, -0.2) is 4.79 Å². The quantitative estimate of drug-likeness (QED) is 0.672. The molecular weight excluding hydrogens is 386 g/mol. The topological polar surface area (TPSA) is 75.3 Å². The van der Waals surface area contributed by atoms with Gasteiger partial charge in [0.15, 0.2) is 12.4 Å². The minimum Gasteiger partial charge on any atom is -0.497 e. The van der Waals surface area contributed by atoms with Crippen molar-refractivity contribution in [2.24, 2.45) is 0 Å². The second kappa shape index (κ2) is 10.1. The molecule has 1 amide bonds. The maximum atomic E-state index is 12.3. The molecule has 1 heterocycles. The Bertz CT molecular complexity index is 862. The fourth-order valence-electron chi connectivity index (χ4n) is 3.12. The van der Waals surface area contributed by atoms with Gasteiger partial charge in [-0.15, -0.1) is 0 Å². The van der Waals surface area contributed by atoms with Gasteiger partial charge in [-0.2, -0.15) is 0 Å². The Kier molecular flexibility index (Phi) is 7.32. The van der Waals surface area contributed by atoms with E-state index in [2.05, 4.69) is 5.32 Å². The van der Waals surface area contributed by atoms with Crippen molar-refractivity contribution >= 4 is 11.8 Å². The Morgan fingerprint density at radius 3 is 2.17 bits per heavy atom. The summed E-state index contributed by atoms with van der Waals surface area (Å²) in [6.07, 6.45) is -0.0753. The van der Waals surface area contributed by atoms with Crippen LogP contribution in [0.2, 0.25) is 0 Å². The number of nitrogens with one attached hydrogen (secondary N) is 1. The van der Waals surface area contributed by atoms with Crippen molar-refractivity contribution in [3.63, 3.8) is 0 Å². The zero-order valence-electron chi connectivity index (χ0n) is 17.6. The maximum absolute atomic E-state index is 12.3. The van der Waals surface area contributed by atoms with Crippen LogP contribution in [0.1, 0.15) is 19.4 Å². The normalized spacial score (nSPS) is 20.8. The van der Waals surface area contributed by atoms with Crippen LogP contribution >= 0.6 is 0 Å². The lowest BCUT2D eigenvalue weighted by Gasteiger charge is -2.32. The monoisotopic (exact) mass is 413 g/mol. The molecule has 0 aliphatic carbocycles. The van der Waals surface area contributed by atoms with Crippen LogP contribution in [0.5, 0.6) is 11.5 Å². The van der Waals surface area contributed by atoms with Gasteiger partial charge in [0.1, 0.15) is 11.5 Å². The van der Waals surface area contributed by atoms with Gasteiger partial charge in [0, 0.05) is 5.69 Å². The molecule has 1 N–H and O–H groups in total. The lowest BCUT2D eigenvalue weighted by Crippen LogP contribution is -2.40. The van der Waals surface area contributed by atoms with Crippen LogP contribution in [0.4, 0.5) is 10.5 Å². The summed E-state index contributed by atoms with van der Waals surface area (Å²) >= 11 is 0. The average Bonchev–Trinajstić information content (AvgIpc) is 2.75. The molecule has 0 aromatic heterocycles. The van der Waals surface area contributed by atoms with Gasteiger partial charge >= 0.3 is 6.09 Å². The van der Waals surface area contributed by atoms with E-state index in [4.69, 9.17) is 23.7 Å². The smallest absolute Gasteiger partial charge is 0.412 e. The first-order valence-electron chi connectivity index (χ1n) is 9.68. The van der Waals surface area contributed by atoms with Crippen molar-refractivity contribution in [3.05, 3.63) is 65.7 Å². The minimum atomic E-state index is -0.550. The van der Waals surface area contributed by atoms with E-state index in [1.807, 2.05) is 44.2 Å². The van der Waals surface area contributed by atoms with Gasteiger partial charge in [-0.3, -0.25) is 5.32 Å². The molecule has 0 spiro atoms. The van der Waals surface area contributed by atoms with Crippen molar-refractivity contribution < 1.29 is 28.5 Å². The van der Waals surface area contributed by atoms with E-state index < -0.39 is 18.5 Å². The van der Waals surface area contributed by atoms with E-state index >= 15 is 0 Å². The largest absolute Gasteiger partial charge is 0.497 e. The van der Waals surface area contributed by atoms with Crippen molar-refractivity contribution in [1.82, 2.24) is 0 Å². The maximum Gasteiger partial charge on any atom is 0.412 e. The minimum absolute atomic E-state index is 0.350. The van der Waals surface area contributed by atoms with Crippen LogP contribution in [0, 0.1) is 0 Å². The highest BCUT2D eigenvalue weighted by Crippen LogP contribution is 2.24. The molecule has 7 heteroatoms. The molecule has 3 rings (SSSR count). The first kappa shape index (κ1) is 21.7. The summed E-state index contributed by atoms with van der Waals surface area (Å²) in [5.41, 5.74) is 2.50. The van der Waals surface area contributed by atoms with Crippen LogP contribution in [0.15, 0.2) is 60.2 Å². The predicted octanol–water partition coefficient (Wildman–Crippen LogP) is 4.53. The van der Waals surface area contributed by atoms with Gasteiger partial charge in [0.05, 0.1) is 26.9 Å². The molecule has 7 nitrogen and oxygen atoms in total. The fraction of sp³-hybridized carbons (Fsp3) is 0.348. The summed E-state index contributed by atoms with van der Waals surface area (Å²) in [7, 11) is 3.22.